The average molecular weight is 505 g/mol. The first-order valence-corrected chi connectivity index (χ1v) is 14.5. The maximum Gasteiger partial charge on any atom is 0.302 e. The summed E-state index contributed by atoms with van der Waals surface area (Å²) in [5, 5.41) is 4.49. The second-order valence-corrected chi connectivity index (χ2v) is 13.2. The van der Waals surface area contributed by atoms with Crippen molar-refractivity contribution in [3.63, 3.8) is 0 Å². The van der Waals surface area contributed by atoms with E-state index >= 15 is 0 Å². The van der Waals surface area contributed by atoms with Gasteiger partial charge >= 0.3 is 5.97 Å². The Labute approximate surface area is 222 Å². The van der Waals surface area contributed by atoms with E-state index in [0.29, 0.717) is 23.3 Å². The molecule has 9 atom stereocenters. The number of benzene rings is 1. The van der Waals surface area contributed by atoms with Gasteiger partial charge in [0.15, 0.2) is 0 Å². The fourth-order valence-electron chi connectivity index (χ4n) is 9.63. The fourth-order valence-corrected chi connectivity index (χ4v) is 9.63. The second kappa shape index (κ2) is 9.52. The van der Waals surface area contributed by atoms with Crippen molar-refractivity contribution in [2.24, 2.45) is 34.5 Å². The zero-order valence-corrected chi connectivity index (χ0v) is 23.1. The lowest BCUT2D eigenvalue weighted by Gasteiger charge is -2.61. The molecule has 37 heavy (non-hydrogen) atoms. The van der Waals surface area contributed by atoms with E-state index in [-0.39, 0.29) is 23.5 Å². The van der Waals surface area contributed by atoms with Gasteiger partial charge in [-0.1, -0.05) is 44.2 Å². The van der Waals surface area contributed by atoms with Crippen LogP contribution in [0.4, 0.5) is 0 Å². The van der Waals surface area contributed by atoms with Crippen molar-refractivity contribution >= 4 is 5.97 Å². The molecule has 2 aromatic rings. The van der Waals surface area contributed by atoms with Crippen molar-refractivity contribution in [2.45, 2.75) is 96.9 Å². The van der Waals surface area contributed by atoms with Gasteiger partial charge in [0.2, 0.25) is 0 Å². The highest BCUT2D eigenvalue weighted by molar-refractivity contribution is 5.66. The van der Waals surface area contributed by atoms with Gasteiger partial charge in [-0.3, -0.25) is 9.69 Å². The molecular weight excluding hydrogens is 460 g/mol. The predicted molar refractivity (Wildman–Crippen MR) is 143 cm³/mol. The van der Waals surface area contributed by atoms with E-state index in [1.54, 1.807) is 13.3 Å². The van der Waals surface area contributed by atoms with Crippen molar-refractivity contribution in [3.8, 4) is 0 Å². The molecule has 6 rings (SSSR count). The Hall–Kier alpha value is -2.21. The third-order valence-electron chi connectivity index (χ3n) is 11.5. The summed E-state index contributed by atoms with van der Waals surface area (Å²) in [6.45, 7) is 7.64. The van der Waals surface area contributed by atoms with Crippen LogP contribution in [0.3, 0.4) is 0 Å². The molecule has 0 bridgehead atoms. The normalized spacial score (nSPS) is 41.1. The van der Waals surface area contributed by atoms with Crippen LogP contribution >= 0.6 is 0 Å². The number of ether oxygens (including phenoxy) is 1. The number of rotatable bonds is 5. The SMILES string of the molecule is CC(=O)O[C@H]1[C@@H](n2cncn2)C[C@H]2[C@@H]3CC[C@H]4C[C@@H](N(C)Cc5ccccc5)CC[C@]4(C)[C@H]3CC[C@@]21C. The average Bonchev–Trinajstić information content (AvgIpc) is 3.50. The molecule has 0 saturated heterocycles. The molecule has 4 saturated carbocycles. The molecule has 200 valence electrons. The van der Waals surface area contributed by atoms with Gasteiger partial charge in [-0.25, -0.2) is 9.67 Å². The molecule has 4 fully saturated rings. The van der Waals surface area contributed by atoms with Gasteiger partial charge in [0.25, 0.3) is 0 Å². The van der Waals surface area contributed by atoms with E-state index in [1.165, 1.54) is 44.1 Å². The molecule has 4 aliphatic rings. The number of nitrogens with zero attached hydrogens (tertiary/aromatic N) is 4. The third-order valence-corrected chi connectivity index (χ3v) is 11.5. The number of esters is 1. The molecule has 4 aliphatic carbocycles. The number of hydrogen-bond acceptors (Lipinski definition) is 5. The lowest BCUT2D eigenvalue weighted by Crippen LogP contribution is -2.55. The largest absolute Gasteiger partial charge is 0.460 e. The van der Waals surface area contributed by atoms with E-state index in [1.807, 2.05) is 11.0 Å². The first kappa shape index (κ1) is 25.1. The first-order valence-electron chi connectivity index (χ1n) is 14.5. The van der Waals surface area contributed by atoms with Gasteiger partial charge < -0.3 is 4.74 Å². The lowest BCUT2D eigenvalue weighted by molar-refractivity contribution is -0.164. The smallest absolute Gasteiger partial charge is 0.302 e. The number of fused-ring (bicyclic) bond motifs is 5. The van der Waals surface area contributed by atoms with E-state index < -0.39 is 0 Å². The quantitative estimate of drug-likeness (QED) is 0.474. The summed E-state index contributed by atoms with van der Waals surface area (Å²) in [6.07, 6.45) is 13.4. The monoisotopic (exact) mass is 504 g/mol. The van der Waals surface area contributed by atoms with E-state index in [0.717, 1.165) is 31.2 Å². The highest BCUT2D eigenvalue weighted by Gasteiger charge is 2.64. The minimum absolute atomic E-state index is 0.0136. The summed E-state index contributed by atoms with van der Waals surface area (Å²) in [7, 11) is 2.33. The Bertz CT molecular complexity index is 1090. The van der Waals surface area contributed by atoms with Crippen LogP contribution in [0.1, 0.15) is 83.7 Å². The molecule has 1 aromatic heterocycles. The van der Waals surface area contributed by atoms with E-state index in [2.05, 4.69) is 66.2 Å². The highest BCUT2D eigenvalue weighted by atomic mass is 16.5. The molecule has 0 amide bonds. The number of carbonyl (C=O) groups is 1. The number of aromatic nitrogens is 3. The second-order valence-electron chi connectivity index (χ2n) is 13.2. The molecular formula is C31H44N4O2. The van der Waals surface area contributed by atoms with Crippen LogP contribution in [-0.4, -0.2) is 44.8 Å². The molecule has 0 radical (unpaired) electrons. The van der Waals surface area contributed by atoms with Crippen molar-refractivity contribution < 1.29 is 9.53 Å². The zero-order valence-electron chi connectivity index (χ0n) is 23.1. The molecule has 1 aromatic carbocycles. The van der Waals surface area contributed by atoms with Crippen molar-refractivity contribution in [2.75, 3.05) is 7.05 Å². The summed E-state index contributed by atoms with van der Waals surface area (Å²) in [5.74, 6) is 2.70. The highest BCUT2D eigenvalue weighted by Crippen LogP contribution is 2.68. The Morgan fingerprint density at radius 3 is 2.57 bits per heavy atom. The standard InChI is InChI=1S/C31H44N4O2/c1-21(36)37-29-28(35-20-32-19-33-35)17-27-25-11-10-23-16-24(34(4)18-22-8-6-5-7-9-22)12-14-30(23,2)26(25)13-15-31(27,29)3/h5-9,19-20,23-29H,10-18H2,1-4H3/t23-,24-,25+,26-,27-,28-,29-,30-,31-/m0/s1. The van der Waals surface area contributed by atoms with Gasteiger partial charge in [0, 0.05) is 24.9 Å². The Kier molecular flexibility index (Phi) is 6.45. The summed E-state index contributed by atoms with van der Waals surface area (Å²) < 4.78 is 8.05. The van der Waals surface area contributed by atoms with Gasteiger partial charge in [0.05, 0.1) is 6.04 Å². The maximum atomic E-state index is 12.2. The lowest BCUT2D eigenvalue weighted by atomic mass is 9.45. The van der Waals surface area contributed by atoms with Crippen molar-refractivity contribution in [1.82, 2.24) is 19.7 Å². The molecule has 1 heterocycles. The van der Waals surface area contributed by atoms with Gasteiger partial charge in [0.1, 0.15) is 18.8 Å². The molecule has 0 unspecified atom stereocenters. The van der Waals surface area contributed by atoms with Crippen LogP contribution in [-0.2, 0) is 16.1 Å². The van der Waals surface area contributed by atoms with Crippen LogP contribution in [0.25, 0.3) is 0 Å². The zero-order chi connectivity index (χ0) is 25.8. The van der Waals surface area contributed by atoms with Crippen molar-refractivity contribution in [1.29, 1.82) is 0 Å². The molecule has 0 aliphatic heterocycles. The molecule has 6 heteroatoms. The van der Waals surface area contributed by atoms with Gasteiger partial charge in [-0.05, 0) is 93.1 Å². The Balaban J connectivity index is 1.20. The van der Waals surface area contributed by atoms with Crippen LogP contribution in [0.15, 0.2) is 43.0 Å². The molecule has 6 nitrogen and oxygen atoms in total. The third kappa shape index (κ3) is 4.24. The van der Waals surface area contributed by atoms with E-state index in [9.17, 15) is 4.79 Å². The summed E-state index contributed by atoms with van der Waals surface area (Å²) in [4.78, 5) is 19.0. The minimum Gasteiger partial charge on any atom is -0.460 e. The minimum atomic E-state index is -0.173. The van der Waals surface area contributed by atoms with Crippen LogP contribution in [0.2, 0.25) is 0 Å². The van der Waals surface area contributed by atoms with E-state index in [4.69, 9.17) is 4.74 Å². The summed E-state index contributed by atoms with van der Waals surface area (Å²) in [6, 6.07) is 11.7. The summed E-state index contributed by atoms with van der Waals surface area (Å²) >= 11 is 0. The fraction of sp³-hybridized carbons (Fsp3) is 0.710. The van der Waals surface area contributed by atoms with Crippen LogP contribution in [0.5, 0.6) is 0 Å². The maximum absolute atomic E-state index is 12.2. The number of hydrogen-bond donors (Lipinski definition) is 0. The van der Waals surface area contributed by atoms with Crippen molar-refractivity contribution in [3.05, 3.63) is 48.5 Å². The molecule has 0 spiro atoms. The van der Waals surface area contributed by atoms with Gasteiger partial charge in [-0.15, -0.1) is 0 Å². The van der Waals surface area contributed by atoms with Crippen LogP contribution in [0, 0.1) is 34.5 Å². The Morgan fingerprint density at radius 1 is 1.05 bits per heavy atom. The number of carbonyl (C=O) groups excluding carboxylic acids is 1. The summed E-state index contributed by atoms with van der Waals surface area (Å²) in [5.41, 5.74) is 1.86. The van der Waals surface area contributed by atoms with Gasteiger partial charge in [-0.2, -0.15) is 5.10 Å². The molecule has 0 N–H and O–H groups in total. The van der Waals surface area contributed by atoms with Crippen LogP contribution < -0.4 is 0 Å². The predicted octanol–water partition coefficient (Wildman–Crippen LogP) is 5.90. The first-order chi connectivity index (χ1) is 17.8. The Morgan fingerprint density at radius 2 is 1.84 bits per heavy atom. The topological polar surface area (TPSA) is 60.3 Å².